The van der Waals surface area contributed by atoms with Crippen LogP contribution in [0.1, 0.15) is 5.89 Å². The number of thioether (sulfide) groups is 1. The van der Waals surface area contributed by atoms with Gasteiger partial charge in [-0.25, -0.2) is 0 Å². The molecule has 0 spiro atoms. The molecule has 0 unspecified atom stereocenters. The van der Waals surface area contributed by atoms with Gasteiger partial charge in [-0.05, 0) is 12.1 Å². The van der Waals surface area contributed by atoms with Crippen LogP contribution in [0, 0.1) is 0 Å². The molecule has 0 saturated carbocycles. The summed E-state index contributed by atoms with van der Waals surface area (Å²) >= 11 is 7.87. The molecule has 5 heteroatoms. The third-order valence-electron chi connectivity index (χ3n) is 3.13. The molecular weight excluding hydrogens is 268 g/mol. The number of nitrogens with zero attached hydrogens (tertiary/aromatic N) is 2. The maximum Gasteiger partial charge on any atom is 0.376 e. The summed E-state index contributed by atoms with van der Waals surface area (Å²) in [7, 11) is 4.10. The van der Waals surface area contributed by atoms with E-state index in [2.05, 4.69) is 18.0 Å². The van der Waals surface area contributed by atoms with E-state index in [0.29, 0.717) is 0 Å². The van der Waals surface area contributed by atoms with Gasteiger partial charge in [0.15, 0.2) is 0 Å². The fourth-order valence-corrected chi connectivity index (χ4v) is 3.27. The second-order valence-corrected chi connectivity index (χ2v) is 5.92. The van der Waals surface area contributed by atoms with E-state index < -0.39 is 0 Å². The van der Waals surface area contributed by atoms with Crippen LogP contribution in [-0.4, -0.2) is 24.2 Å². The number of halogens is 1. The topological polar surface area (TPSA) is 20.3 Å². The van der Waals surface area contributed by atoms with Crippen LogP contribution in [0.5, 0.6) is 0 Å². The highest BCUT2D eigenvalue weighted by Gasteiger charge is 2.21. The Morgan fingerprint density at radius 1 is 1.50 bits per heavy atom. The maximum atomic E-state index is 6.01. The third kappa shape index (κ3) is 1.99. The smallest absolute Gasteiger partial charge is 0.376 e. The number of fused-ring (bicyclic) bond motifs is 1. The van der Waals surface area contributed by atoms with Crippen LogP contribution in [0.15, 0.2) is 27.6 Å². The van der Waals surface area contributed by atoms with Gasteiger partial charge in [-0.2, -0.15) is 4.57 Å². The van der Waals surface area contributed by atoms with Crippen LogP contribution in [0.4, 0.5) is 0 Å². The zero-order valence-corrected chi connectivity index (χ0v) is 11.9. The quantitative estimate of drug-likeness (QED) is 0.750. The number of aryl methyl sites for hydroxylation is 1. The fourth-order valence-electron chi connectivity index (χ4n) is 2.03. The monoisotopic (exact) mass is 281 g/mol. The van der Waals surface area contributed by atoms with Crippen LogP contribution in [0.25, 0.3) is 17.2 Å². The standard InChI is InChI=1S/C13H14ClN2OS/c1-15-5-6-18-13(15)8-12-16(2)10-7-9(14)3-4-11(10)17-12/h3-4,7-8H,5-6H2,1-2H3/q+1. The first-order chi connectivity index (χ1) is 8.65. The van der Waals surface area contributed by atoms with Crippen molar-refractivity contribution in [2.75, 3.05) is 19.3 Å². The minimum absolute atomic E-state index is 0.727. The van der Waals surface area contributed by atoms with Crippen molar-refractivity contribution in [2.45, 2.75) is 0 Å². The van der Waals surface area contributed by atoms with Crippen molar-refractivity contribution >= 4 is 40.5 Å². The first kappa shape index (κ1) is 11.9. The number of benzene rings is 1. The van der Waals surface area contributed by atoms with E-state index in [1.807, 2.05) is 41.6 Å². The molecule has 0 radical (unpaired) electrons. The van der Waals surface area contributed by atoms with Gasteiger partial charge in [0.2, 0.25) is 5.58 Å². The molecule has 1 saturated heterocycles. The Hall–Kier alpha value is -1.13. The van der Waals surface area contributed by atoms with E-state index in [0.717, 1.165) is 34.3 Å². The van der Waals surface area contributed by atoms with E-state index in [9.17, 15) is 0 Å². The highest BCUT2D eigenvalue weighted by atomic mass is 35.5. The van der Waals surface area contributed by atoms with Crippen LogP contribution in [0.2, 0.25) is 5.02 Å². The second kappa shape index (κ2) is 4.52. The average Bonchev–Trinajstić information content (AvgIpc) is 2.87. The molecule has 3 rings (SSSR count). The minimum Gasteiger partial charge on any atom is -0.398 e. The Kier molecular flexibility index (Phi) is 2.99. The predicted molar refractivity (Wildman–Crippen MR) is 75.5 cm³/mol. The van der Waals surface area contributed by atoms with Gasteiger partial charge in [0, 0.05) is 30.4 Å². The van der Waals surface area contributed by atoms with Gasteiger partial charge >= 0.3 is 5.89 Å². The summed E-state index contributed by atoms with van der Waals surface area (Å²) in [6.45, 7) is 1.09. The van der Waals surface area contributed by atoms with E-state index in [4.69, 9.17) is 16.0 Å². The normalized spacial score (nSPS) is 18.2. The highest BCUT2D eigenvalue weighted by Crippen LogP contribution is 2.28. The van der Waals surface area contributed by atoms with Gasteiger partial charge < -0.3 is 9.32 Å². The first-order valence-electron chi connectivity index (χ1n) is 5.79. The van der Waals surface area contributed by atoms with Gasteiger partial charge in [-0.3, -0.25) is 0 Å². The molecule has 1 fully saturated rings. The van der Waals surface area contributed by atoms with E-state index >= 15 is 0 Å². The molecule has 0 atom stereocenters. The van der Waals surface area contributed by atoms with Gasteiger partial charge in [-0.15, -0.1) is 11.8 Å². The second-order valence-electron chi connectivity index (χ2n) is 4.36. The molecule has 1 aromatic carbocycles. The largest absolute Gasteiger partial charge is 0.398 e. The molecule has 0 bridgehead atoms. The van der Waals surface area contributed by atoms with Gasteiger partial charge in [0.05, 0.1) is 11.1 Å². The van der Waals surface area contributed by atoms with Crippen molar-refractivity contribution in [1.29, 1.82) is 0 Å². The van der Waals surface area contributed by atoms with Crippen molar-refractivity contribution in [1.82, 2.24) is 4.90 Å². The van der Waals surface area contributed by atoms with E-state index in [1.54, 1.807) is 0 Å². The van der Waals surface area contributed by atoms with Crippen molar-refractivity contribution in [3.63, 3.8) is 0 Å². The van der Waals surface area contributed by atoms with Crippen molar-refractivity contribution in [2.24, 2.45) is 7.05 Å². The van der Waals surface area contributed by atoms with E-state index in [-0.39, 0.29) is 0 Å². The van der Waals surface area contributed by atoms with Crippen molar-refractivity contribution in [3.05, 3.63) is 34.1 Å². The molecule has 18 heavy (non-hydrogen) atoms. The molecule has 2 heterocycles. The Morgan fingerprint density at radius 2 is 2.33 bits per heavy atom. The molecule has 0 N–H and O–H groups in total. The Labute approximate surface area is 115 Å². The highest BCUT2D eigenvalue weighted by molar-refractivity contribution is 8.03. The molecular formula is C13H14ClN2OS+. The fraction of sp³-hybridized carbons (Fsp3) is 0.308. The molecule has 1 aliphatic rings. The zero-order chi connectivity index (χ0) is 12.7. The minimum atomic E-state index is 0.727. The number of hydrogen-bond donors (Lipinski definition) is 0. The lowest BCUT2D eigenvalue weighted by molar-refractivity contribution is -0.652. The Morgan fingerprint density at radius 3 is 3.06 bits per heavy atom. The SMILES string of the molecule is CN1CCS/C1=C\c1oc2ccc(Cl)cc2[n+]1C. The summed E-state index contributed by atoms with van der Waals surface area (Å²) in [5.74, 6) is 1.99. The van der Waals surface area contributed by atoms with Crippen molar-refractivity contribution in [3.8, 4) is 0 Å². The van der Waals surface area contributed by atoms with Gasteiger partial charge in [-0.1, -0.05) is 11.6 Å². The molecule has 1 aromatic heterocycles. The molecule has 0 amide bonds. The Balaban J connectivity index is 2.10. The number of hydrogen-bond acceptors (Lipinski definition) is 3. The summed E-state index contributed by atoms with van der Waals surface area (Å²) < 4.78 is 7.88. The van der Waals surface area contributed by atoms with Crippen LogP contribution >= 0.6 is 23.4 Å². The maximum absolute atomic E-state index is 6.01. The van der Waals surface area contributed by atoms with Crippen LogP contribution < -0.4 is 4.57 Å². The first-order valence-corrected chi connectivity index (χ1v) is 7.15. The number of aromatic nitrogens is 1. The lowest BCUT2D eigenvalue weighted by atomic mass is 10.3. The van der Waals surface area contributed by atoms with Crippen LogP contribution in [0.3, 0.4) is 0 Å². The van der Waals surface area contributed by atoms with Crippen LogP contribution in [-0.2, 0) is 7.05 Å². The van der Waals surface area contributed by atoms with Gasteiger partial charge in [0.1, 0.15) is 7.05 Å². The molecule has 1 aliphatic heterocycles. The molecule has 2 aromatic rings. The van der Waals surface area contributed by atoms with Crippen molar-refractivity contribution < 1.29 is 8.98 Å². The predicted octanol–water partition coefficient (Wildman–Crippen LogP) is 2.89. The molecule has 3 nitrogen and oxygen atoms in total. The average molecular weight is 282 g/mol. The lowest BCUT2D eigenvalue weighted by Crippen LogP contribution is -2.29. The molecule has 94 valence electrons. The summed E-state index contributed by atoms with van der Waals surface area (Å²) in [6, 6.07) is 5.68. The lowest BCUT2D eigenvalue weighted by Gasteiger charge is -2.08. The van der Waals surface area contributed by atoms with E-state index in [1.165, 1.54) is 5.03 Å². The number of rotatable bonds is 1. The third-order valence-corrected chi connectivity index (χ3v) is 4.47. The Bertz CT molecular complexity index is 635. The summed E-state index contributed by atoms with van der Waals surface area (Å²) in [6.07, 6.45) is 2.09. The summed E-state index contributed by atoms with van der Waals surface area (Å²) in [5, 5.41) is 1.97. The number of oxazole rings is 1. The van der Waals surface area contributed by atoms with Gasteiger partial charge in [0.25, 0.3) is 5.52 Å². The zero-order valence-electron chi connectivity index (χ0n) is 10.3. The summed E-state index contributed by atoms with van der Waals surface area (Å²) in [5.41, 5.74) is 1.87. The molecule has 0 aliphatic carbocycles. The summed E-state index contributed by atoms with van der Waals surface area (Å²) in [4.78, 5) is 2.24.